The van der Waals surface area contributed by atoms with Crippen LogP contribution >= 0.6 is 11.6 Å². The van der Waals surface area contributed by atoms with Crippen molar-refractivity contribution in [3.8, 4) is 0 Å². The third kappa shape index (κ3) is 3.45. The molecule has 1 unspecified atom stereocenters. The molecule has 0 bridgehead atoms. The summed E-state index contributed by atoms with van der Waals surface area (Å²) in [5.74, 6) is -1.69. The summed E-state index contributed by atoms with van der Waals surface area (Å²) < 4.78 is 0. The van der Waals surface area contributed by atoms with Gasteiger partial charge in [0, 0.05) is 12.5 Å². The maximum Gasteiger partial charge on any atom is 0.339 e. The van der Waals surface area contributed by atoms with Gasteiger partial charge in [-0.2, -0.15) is 0 Å². The van der Waals surface area contributed by atoms with Gasteiger partial charge in [-0.1, -0.05) is 24.6 Å². The first kappa shape index (κ1) is 14.5. The van der Waals surface area contributed by atoms with Crippen molar-refractivity contribution < 1.29 is 14.7 Å². The van der Waals surface area contributed by atoms with Crippen LogP contribution in [0.4, 0.5) is 5.69 Å². The van der Waals surface area contributed by atoms with Gasteiger partial charge in [0.2, 0.25) is 5.91 Å². The molecule has 0 aliphatic heterocycles. The predicted octanol–water partition coefficient (Wildman–Crippen LogP) is 1.83. The zero-order valence-electron chi connectivity index (χ0n) is 10.2. The summed E-state index contributed by atoms with van der Waals surface area (Å²) >= 11 is 5.80. The SMILES string of the molecule is CNCC(C)C(=O)Nc1cccc(Cl)c1C(=O)O. The smallest absolute Gasteiger partial charge is 0.339 e. The van der Waals surface area contributed by atoms with E-state index in [1.165, 1.54) is 12.1 Å². The van der Waals surface area contributed by atoms with Crippen LogP contribution in [0.15, 0.2) is 18.2 Å². The van der Waals surface area contributed by atoms with Crippen LogP contribution < -0.4 is 10.6 Å². The Bertz CT molecular complexity index is 463. The van der Waals surface area contributed by atoms with Crippen LogP contribution in [-0.2, 0) is 4.79 Å². The standard InChI is InChI=1S/C12H15ClN2O3/c1-7(6-14-2)11(16)15-9-5-3-4-8(13)10(9)12(17)18/h3-5,7,14H,6H2,1-2H3,(H,15,16)(H,17,18). The summed E-state index contributed by atoms with van der Waals surface area (Å²) in [6.45, 7) is 2.26. The second-order valence-electron chi connectivity index (χ2n) is 3.92. The molecule has 0 heterocycles. The Balaban J connectivity index is 2.94. The largest absolute Gasteiger partial charge is 0.478 e. The van der Waals surface area contributed by atoms with E-state index in [2.05, 4.69) is 10.6 Å². The fraction of sp³-hybridized carbons (Fsp3) is 0.333. The van der Waals surface area contributed by atoms with Crippen LogP contribution in [-0.4, -0.2) is 30.6 Å². The zero-order valence-corrected chi connectivity index (χ0v) is 10.9. The van der Waals surface area contributed by atoms with Crippen molar-refractivity contribution in [2.24, 2.45) is 5.92 Å². The number of carbonyl (C=O) groups is 2. The number of hydrogen-bond donors (Lipinski definition) is 3. The Kier molecular flexibility index (Phi) is 5.12. The first-order valence-corrected chi connectivity index (χ1v) is 5.82. The number of carbonyl (C=O) groups excluding carboxylic acids is 1. The van der Waals surface area contributed by atoms with Crippen molar-refractivity contribution in [1.82, 2.24) is 5.32 Å². The molecule has 1 rings (SSSR count). The lowest BCUT2D eigenvalue weighted by Crippen LogP contribution is -2.29. The molecule has 6 heteroatoms. The van der Waals surface area contributed by atoms with Crippen LogP contribution in [0.3, 0.4) is 0 Å². The van der Waals surface area contributed by atoms with Gasteiger partial charge in [-0.05, 0) is 19.2 Å². The van der Waals surface area contributed by atoms with E-state index in [0.717, 1.165) is 0 Å². The van der Waals surface area contributed by atoms with Crippen molar-refractivity contribution >= 4 is 29.2 Å². The van der Waals surface area contributed by atoms with Gasteiger partial charge in [0.05, 0.1) is 10.7 Å². The maximum absolute atomic E-state index is 11.8. The molecule has 18 heavy (non-hydrogen) atoms. The third-order valence-electron chi connectivity index (χ3n) is 2.44. The minimum atomic E-state index is -1.17. The molecule has 1 aromatic rings. The Hall–Kier alpha value is -1.59. The van der Waals surface area contributed by atoms with Crippen LogP contribution in [0, 0.1) is 5.92 Å². The lowest BCUT2D eigenvalue weighted by molar-refractivity contribution is -0.119. The number of anilines is 1. The number of rotatable bonds is 5. The van der Waals surface area contributed by atoms with E-state index >= 15 is 0 Å². The van der Waals surface area contributed by atoms with E-state index in [9.17, 15) is 9.59 Å². The summed E-state index contributed by atoms with van der Waals surface area (Å²) in [5, 5.41) is 14.6. The van der Waals surface area contributed by atoms with Crippen molar-refractivity contribution in [3.05, 3.63) is 28.8 Å². The summed E-state index contributed by atoms with van der Waals surface area (Å²) in [5.41, 5.74) is 0.118. The number of halogens is 1. The number of hydrogen-bond acceptors (Lipinski definition) is 3. The van der Waals surface area contributed by atoms with E-state index in [4.69, 9.17) is 16.7 Å². The topological polar surface area (TPSA) is 78.4 Å². The lowest BCUT2D eigenvalue weighted by Gasteiger charge is -2.13. The quantitative estimate of drug-likeness (QED) is 0.763. The second-order valence-corrected chi connectivity index (χ2v) is 4.32. The summed E-state index contributed by atoms with van der Waals surface area (Å²) in [6, 6.07) is 4.57. The highest BCUT2D eigenvalue weighted by Gasteiger charge is 2.18. The predicted molar refractivity (Wildman–Crippen MR) is 70.1 cm³/mol. The molecule has 1 amide bonds. The van der Waals surface area contributed by atoms with Crippen LogP contribution in [0.5, 0.6) is 0 Å². The van der Waals surface area contributed by atoms with Crippen molar-refractivity contribution in [1.29, 1.82) is 0 Å². The molecule has 0 spiro atoms. The molecular formula is C12H15ClN2O3. The summed E-state index contributed by atoms with van der Waals surface area (Å²) in [6.07, 6.45) is 0. The number of benzene rings is 1. The number of carboxylic acids is 1. The third-order valence-corrected chi connectivity index (χ3v) is 2.76. The van der Waals surface area contributed by atoms with Crippen molar-refractivity contribution in [2.75, 3.05) is 18.9 Å². The average molecular weight is 271 g/mol. The molecule has 5 nitrogen and oxygen atoms in total. The lowest BCUT2D eigenvalue weighted by atomic mass is 10.1. The normalized spacial score (nSPS) is 11.9. The van der Waals surface area contributed by atoms with Gasteiger partial charge in [0.25, 0.3) is 0 Å². The summed E-state index contributed by atoms with van der Waals surface area (Å²) in [4.78, 5) is 22.9. The molecular weight excluding hydrogens is 256 g/mol. The Morgan fingerprint density at radius 3 is 2.67 bits per heavy atom. The van der Waals surface area contributed by atoms with E-state index in [-0.39, 0.29) is 28.1 Å². The van der Waals surface area contributed by atoms with E-state index < -0.39 is 5.97 Å². The van der Waals surface area contributed by atoms with Gasteiger partial charge >= 0.3 is 5.97 Å². The second kappa shape index (κ2) is 6.37. The van der Waals surface area contributed by atoms with Crippen LogP contribution in [0.1, 0.15) is 17.3 Å². The van der Waals surface area contributed by atoms with Gasteiger partial charge in [0.15, 0.2) is 0 Å². The van der Waals surface area contributed by atoms with Gasteiger partial charge in [-0.25, -0.2) is 4.79 Å². The zero-order chi connectivity index (χ0) is 13.7. The first-order chi connectivity index (χ1) is 8.47. The highest BCUT2D eigenvalue weighted by molar-refractivity contribution is 6.34. The minimum Gasteiger partial charge on any atom is -0.478 e. The molecule has 0 aromatic heterocycles. The Morgan fingerprint density at radius 2 is 2.11 bits per heavy atom. The van der Waals surface area contributed by atoms with E-state index in [1.54, 1.807) is 20.0 Å². The fourth-order valence-electron chi connectivity index (χ4n) is 1.50. The van der Waals surface area contributed by atoms with Gasteiger partial charge in [-0.3, -0.25) is 4.79 Å². The molecule has 1 atom stereocenters. The molecule has 0 aliphatic rings. The molecule has 0 saturated carbocycles. The number of amides is 1. The molecule has 0 aliphatic carbocycles. The Morgan fingerprint density at radius 1 is 1.44 bits per heavy atom. The van der Waals surface area contributed by atoms with Gasteiger partial charge in [0.1, 0.15) is 5.56 Å². The molecule has 98 valence electrons. The molecule has 0 fully saturated rings. The highest BCUT2D eigenvalue weighted by Crippen LogP contribution is 2.24. The number of nitrogens with one attached hydrogen (secondary N) is 2. The average Bonchev–Trinajstić information content (AvgIpc) is 2.28. The monoisotopic (exact) mass is 270 g/mol. The highest BCUT2D eigenvalue weighted by atomic mass is 35.5. The number of aromatic carboxylic acids is 1. The van der Waals surface area contributed by atoms with Crippen molar-refractivity contribution in [2.45, 2.75) is 6.92 Å². The van der Waals surface area contributed by atoms with Gasteiger partial charge < -0.3 is 15.7 Å². The molecule has 3 N–H and O–H groups in total. The fourth-order valence-corrected chi connectivity index (χ4v) is 1.76. The van der Waals surface area contributed by atoms with Gasteiger partial charge in [-0.15, -0.1) is 0 Å². The number of carboxylic acid groups (broad SMARTS) is 1. The first-order valence-electron chi connectivity index (χ1n) is 5.44. The van der Waals surface area contributed by atoms with Crippen LogP contribution in [0.25, 0.3) is 0 Å². The minimum absolute atomic E-state index is 0.0934. The Labute approximate surface area is 110 Å². The van der Waals surface area contributed by atoms with E-state index in [0.29, 0.717) is 6.54 Å². The van der Waals surface area contributed by atoms with Crippen LogP contribution in [0.2, 0.25) is 5.02 Å². The van der Waals surface area contributed by atoms with E-state index in [1.807, 2.05) is 0 Å². The molecule has 0 saturated heterocycles. The van der Waals surface area contributed by atoms with Crippen molar-refractivity contribution in [3.63, 3.8) is 0 Å². The maximum atomic E-state index is 11.8. The molecule has 0 radical (unpaired) electrons. The summed E-state index contributed by atoms with van der Waals surface area (Å²) in [7, 11) is 1.74. The molecule has 1 aromatic carbocycles.